The van der Waals surface area contributed by atoms with Crippen LogP contribution in [0.5, 0.6) is 0 Å². The minimum absolute atomic E-state index is 0.0666. The molecule has 1 saturated heterocycles. The molecule has 1 atom stereocenters. The van der Waals surface area contributed by atoms with Gasteiger partial charge in [-0.1, -0.05) is 19.9 Å². The van der Waals surface area contributed by atoms with Crippen LogP contribution in [0.1, 0.15) is 54.5 Å². The molecule has 2 aromatic rings. The standard InChI is InChI=1S/C20H29N5O/c1-15(2)11-17-12-18(24(3)23-17)20(26)22-14-19(25-9-4-5-10-25)16-7-6-8-21-13-16/h6-8,12-13,15,19H,4-5,9-11,14H2,1-3H3,(H,22,26)/t19-/m0/s1. The Kier molecular flexibility index (Phi) is 6.04. The first-order chi connectivity index (χ1) is 12.5. The van der Waals surface area contributed by atoms with Crippen molar-refractivity contribution in [3.63, 3.8) is 0 Å². The highest BCUT2D eigenvalue weighted by atomic mass is 16.2. The second-order valence-corrected chi connectivity index (χ2v) is 7.50. The van der Waals surface area contributed by atoms with Crippen molar-refractivity contribution in [2.45, 2.75) is 39.2 Å². The Balaban J connectivity index is 1.69. The van der Waals surface area contributed by atoms with Crippen molar-refractivity contribution in [2.75, 3.05) is 19.6 Å². The van der Waals surface area contributed by atoms with Gasteiger partial charge in [-0.15, -0.1) is 0 Å². The van der Waals surface area contributed by atoms with E-state index in [0.29, 0.717) is 18.2 Å². The lowest BCUT2D eigenvalue weighted by Gasteiger charge is -2.27. The van der Waals surface area contributed by atoms with Gasteiger partial charge in [0.05, 0.1) is 11.7 Å². The number of hydrogen-bond acceptors (Lipinski definition) is 4. The molecule has 2 aromatic heterocycles. The van der Waals surface area contributed by atoms with E-state index in [9.17, 15) is 4.79 Å². The fourth-order valence-electron chi connectivity index (χ4n) is 3.62. The highest BCUT2D eigenvalue weighted by Crippen LogP contribution is 2.24. The number of carbonyl (C=O) groups is 1. The predicted octanol–water partition coefficient (Wildman–Crippen LogP) is 2.58. The Labute approximate surface area is 155 Å². The van der Waals surface area contributed by atoms with E-state index in [2.05, 4.69) is 40.2 Å². The SMILES string of the molecule is CC(C)Cc1cc(C(=O)NC[C@@H](c2cccnc2)N2CCCC2)n(C)n1. The maximum absolute atomic E-state index is 12.7. The summed E-state index contributed by atoms with van der Waals surface area (Å²) in [6.07, 6.45) is 7.00. The molecule has 26 heavy (non-hydrogen) atoms. The van der Waals surface area contributed by atoms with Crippen molar-refractivity contribution < 1.29 is 4.79 Å². The van der Waals surface area contributed by atoms with Crippen molar-refractivity contribution >= 4 is 5.91 Å². The van der Waals surface area contributed by atoms with Gasteiger partial charge >= 0.3 is 0 Å². The fourth-order valence-corrected chi connectivity index (χ4v) is 3.62. The minimum atomic E-state index is -0.0666. The molecule has 0 radical (unpaired) electrons. The summed E-state index contributed by atoms with van der Waals surface area (Å²) in [7, 11) is 1.83. The van der Waals surface area contributed by atoms with Crippen molar-refractivity contribution in [1.82, 2.24) is 25.0 Å². The van der Waals surface area contributed by atoms with E-state index >= 15 is 0 Å². The lowest BCUT2D eigenvalue weighted by Crippen LogP contribution is -2.37. The number of amides is 1. The molecule has 140 valence electrons. The van der Waals surface area contributed by atoms with E-state index in [1.54, 1.807) is 10.9 Å². The molecular formula is C20H29N5O. The third kappa shape index (κ3) is 4.49. The van der Waals surface area contributed by atoms with Crippen molar-refractivity contribution in [3.8, 4) is 0 Å². The lowest BCUT2D eigenvalue weighted by molar-refractivity contribution is 0.0928. The van der Waals surface area contributed by atoms with E-state index in [4.69, 9.17) is 0 Å². The van der Waals surface area contributed by atoms with E-state index in [-0.39, 0.29) is 11.9 Å². The van der Waals surface area contributed by atoms with E-state index < -0.39 is 0 Å². The number of aromatic nitrogens is 3. The first-order valence-corrected chi connectivity index (χ1v) is 9.49. The van der Waals surface area contributed by atoms with Crippen LogP contribution in [0.3, 0.4) is 0 Å². The molecule has 6 heteroatoms. The first-order valence-electron chi connectivity index (χ1n) is 9.49. The summed E-state index contributed by atoms with van der Waals surface area (Å²) in [4.78, 5) is 19.4. The average molecular weight is 355 g/mol. The first kappa shape index (κ1) is 18.6. The van der Waals surface area contributed by atoms with Gasteiger partial charge in [0.1, 0.15) is 5.69 Å². The molecule has 1 fully saturated rings. The average Bonchev–Trinajstić information content (AvgIpc) is 3.25. The zero-order chi connectivity index (χ0) is 18.5. The number of carbonyl (C=O) groups excluding carboxylic acids is 1. The number of pyridine rings is 1. The van der Waals surface area contributed by atoms with Gasteiger partial charge in [0.2, 0.25) is 0 Å². The predicted molar refractivity (Wildman–Crippen MR) is 102 cm³/mol. The Bertz CT molecular complexity index is 719. The molecule has 0 aromatic carbocycles. The minimum Gasteiger partial charge on any atom is -0.349 e. The van der Waals surface area contributed by atoms with Gasteiger partial charge in [-0.3, -0.25) is 19.4 Å². The molecule has 0 aliphatic carbocycles. The molecule has 1 aliphatic rings. The second-order valence-electron chi connectivity index (χ2n) is 7.50. The summed E-state index contributed by atoms with van der Waals surface area (Å²) in [5.74, 6) is 0.453. The van der Waals surface area contributed by atoms with E-state index in [0.717, 1.165) is 30.8 Å². The van der Waals surface area contributed by atoms with Gasteiger partial charge in [-0.2, -0.15) is 5.10 Å². The molecule has 0 saturated carbocycles. The van der Waals surface area contributed by atoms with Gasteiger partial charge in [0.25, 0.3) is 5.91 Å². The van der Waals surface area contributed by atoms with Crippen LogP contribution in [0.4, 0.5) is 0 Å². The number of rotatable bonds is 7. The topological polar surface area (TPSA) is 63.1 Å². The molecule has 3 rings (SSSR count). The van der Waals surface area contributed by atoms with Gasteiger partial charge < -0.3 is 5.32 Å². The summed E-state index contributed by atoms with van der Waals surface area (Å²) in [6, 6.07) is 6.12. The Hall–Kier alpha value is -2.21. The Morgan fingerprint density at radius 2 is 2.08 bits per heavy atom. The van der Waals surface area contributed by atoms with Crippen LogP contribution in [-0.2, 0) is 13.5 Å². The summed E-state index contributed by atoms with van der Waals surface area (Å²) in [6.45, 7) is 7.03. The van der Waals surface area contributed by atoms with E-state index in [1.807, 2.05) is 25.4 Å². The molecule has 0 spiro atoms. The lowest BCUT2D eigenvalue weighted by atomic mass is 10.1. The summed E-state index contributed by atoms with van der Waals surface area (Å²) < 4.78 is 1.68. The number of aryl methyl sites for hydroxylation is 1. The Morgan fingerprint density at radius 1 is 1.31 bits per heavy atom. The third-order valence-electron chi connectivity index (χ3n) is 4.89. The summed E-state index contributed by atoms with van der Waals surface area (Å²) in [5.41, 5.74) is 2.74. The highest BCUT2D eigenvalue weighted by Gasteiger charge is 2.25. The van der Waals surface area contributed by atoms with E-state index in [1.165, 1.54) is 12.8 Å². The third-order valence-corrected chi connectivity index (χ3v) is 4.89. The quantitative estimate of drug-likeness (QED) is 0.829. The van der Waals surface area contributed by atoms with Crippen LogP contribution in [-0.4, -0.2) is 45.2 Å². The number of likely N-dealkylation sites (tertiary alicyclic amines) is 1. The molecule has 1 aliphatic heterocycles. The Morgan fingerprint density at radius 3 is 2.73 bits per heavy atom. The number of nitrogens with zero attached hydrogens (tertiary/aromatic N) is 4. The van der Waals surface area contributed by atoms with Crippen LogP contribution < -0.4 is 5.32 Å². The maximum atomic E-state index is 12.7. The zero-order valence-corrected chi connectivity index (χ0v) is 16.0. The van der Waals surface area contributed by atoms with Crippen LogP contribution >= 0.6 is 0 Å². The zero-order valence-electron chi connectivity index (χ0n) is 16.0. The molecular weight excluding hydrogens is 326 g/mol. The number of nitrogens with one attached hydrogen (secondary N) is 1. The van der Waals surface area contributed by atoms with Crippen molar-refractivity contribution in [2.24, 2.45) is 13.0 Å². The highest BCUT2D eigenvalue weighted by molar-refractivity contribution is 5.92. The molecule has 3 heterocycles. The van der Waals surface area contributed by atoms with Crippen LogP contribution in [0.2, 0.25) is 0 Å². The second kappa shape index (κ2) is 8.45. The molecule has 1 amide bonds. The fraction of sp³-hybridized carbons (Fsp3) is 0.550. The normalized spacial score (nSPS) is 16.2. The maximum Gasteiger partial charge on any atom is 0.269 e. The van der Waals surface area contributed by atoms with Crippen LogP contribution in [0.25, 0.3) is 0 Å². The molecule has 0 bridgehead atoms. The molecule has 6 nitrogen and oxygen atoms in total. The van der Waals surface area contributed by atoms with Gasteiger partial charge in [-0.25, -0.2) is 0 Å². The van der Waals surface area contributed by atoms with Gasteiger partial charge in [-0.05, 0) is 56.0 Å². The van der Waals surface area contributed by atoms with Gasteiger partial charge in [0, 0.05) is 26.0 Å². The molecule has 0 unspecified atom stereocenters. The van der Waals surface area contributed by atoms with Crippen molar-refractivity contribution in [1.29, 1.82) is 0 Å². The molecule has 1 N–H and O–H groups in total. The van der Waals surface area contributed by atoms with Crippen molar-refractivity contribution in [3.05, 3.63) is 47.5 Å². The monoisotopic (exact) mass is 355 g/mol. The smallest absolute Gasteiger partial charge is 0.269 e. The summed E-state index contributed by atoms with van der Waals surface area (Å²) in [5, 5.41) is 7.58. The largest absolute Gasteiger partial charge is 0.349 e. The number of hydrogen-bond donors (Lipinski definition) is 1. The summed E-state index contributed by atoms with van der Waals surface area (Å²) >= 11 is 0. The van der Waals surface area contributed by atoms with Gasteiger partial charge in [0.15, 0.2) is 0 Å². The van der Waals surface area contributed by atoms with Crippen LogP contribution in [0, 0.1) is 5.92 Å². The van der Waals surface area contributed by atoms with Crippen LogP contribution in [0.15, 0.2) is 30.6 Å².